The molecule has 1 aromatic heterocycles. The molecule has 2 heterocycles. The Balaban J connectivity index is 1.70. The predicted molar refractivity (Wildman–Crippen MR) is 71.8 cm³/mol. The molecule has 3 rings (SSSR count). The molecule has 112 valence electrons. The van der Waals surface area contributed by atoms with E-state index in [1.165, 1.54) is 12.1 Å². The van der Waals surface area contributed by atoms with Crippen molar-refractivity contribution in [2.75, 3.05) is 26.3 Å². The Kier molecular flexibility index (Phi) is 4.23. The highest BCUT2D eigenvalue weighted by molar-refractivity contribution is 5.52. The quantitative estimate of drug-likeness (QED) is 0.912. The van der Waals surface area contributed by atoms with Crippen molar-refractivity contribution >= 4 is 0 Å². The summed E-state index contributed by atoms with van der Waals surface area (Å²) >= 11 is 0. The molecule has 1 aliphatic rings. The van der Waals surface area contributed by atoms with Crippen LogP contribution in [-0.2, 0) is 11.3 Å². The molecule has 0 unspecified atom stereocenters. The van der Waals surface area contributed by atoms with Crippen LogP contribution in [0, 0.1) is 5.82 Å². The third-order valence-corrected chi connectivity index (χ3v) is 3.23. The fourth-order valence-corrected chi connectivity index (χ4v) is 2.25. The Morgan fingerprint density at radius 2 is 2.29 bits per heavy atom. The summed E-state index contributed by atoms with van der Waals surface area (Å²) < 4.78 is 24.0. The standard InChI is InChI=1S/C14H16FN3O3/c15-11-3-1-2-10(6-11)14-17-16-13(21-14)8-18-4-5-20-9-12(19)7-18/h1-3,6,12,19H,4-5,7-9H2/t12-/m0/s1. The van der Waals surface area contributed by atoms with Gasteiger partial charge >= 0.3 is 0 Å². The van der Waals surface area contributed by atoms with Crippen LogP contribution in [0.3, 0.4) is 0 Å². The van der Waals surface area contributed by atoms with Crippen molar-refractivity contribution in [2.45, 2.75) is 12.6 Å². The molecule has 0 radical (unpaired) electrons. The predicted octanol–water partition coefficient (Wildman–Crippen LogP) is 1.07. The molecule has 6 nitrogen and oxygen atoms in total. The van der Waals surface area contributed by atoms with E-state index in [9.17, 15) is 9.50 Å². The van der Waals surface area contributed by atoms with Crippen LogP contribution in [0.2, 0.25) is 0 Å². The van der Waals surface area contributed by atoms with Gasteiger partial charge in [0.1, 0.15) is 5.82 Å². The van der Waals surface area contributed by atoms with Gasteiger partial charge < -0.3 is 14.3 Å². The summed E-state index contributed by atoms with van der Waals surface area (Å²) in [5.74, 6) is 0.375. The summed E-state index contributed by atoms with van der Waals surface area (Å²) in [4.78, 5) is 1.99. The molecule has 0 bridgehead atoms. The second-order valence-corrected chi connectivity index (χ2v) is 4.98. The average molecular weight is 293 g/mol. The first-order valence-corrected chi connectivity index (χ1v) is 6.77. The van der Waals surface area contributed by atoms with Crippen LogP contribution >= 0.6 is 0 Å². The highest BCUT2D eigenvalue weighted by Gasteiger charge is 2.19. The van der Waals surface area contributed by atoms with Crippen LogP contribution < -0.4 is 0 Å². The Hall–Kier alpha value is -1.83. The number of aliphatic hydroxyl groups is 1. The van der Waals surface area contributed by atoms with Crippen LogP contribution in [0.25, 0.3) is 11.5 Å². The summed E-state index contributed by atoms with van der Waals surface area (Å²) in [7, 11) is 0. The van der Waals surface area contributed by atoms with E-state index >= 15 is 0 Å². The minimum absolute atomic E-state index is 0.288. The molecule has 7 heteroatoms. The van der Waals surface area contributed by atoms with E-state index in [1.54, 1.807) is 12.1 Å². The number of β-amino-alcohol motifs (C(OH)–C–C–N with tert-alkyl or cyclic N) is 1. The van der Waals surface area contributed by atoms with E-state index in [2.05, 4.69) is 10.2 Å². The molecule has 1 N–H and O–H groups in total. The zero-order valence-corrected chi connectivity index (χ0v) is 11.4. The zero-order chi connectivity index (χ0) is 14.7. The fraction of sp³-hybridized carbons (Fsp3) is 0.429. The molecular weight excluding hydrogens is 277 g/mol. The van der Waals surface area contributed by atoms with Gasteiger partial charge in [-0.15, -0.1) is 10.2 Å². The highest BCUT2D eigenvalue weighted by atomic mass is 19.1. The SMILES string of the molecule is O[C@@H]1COCCN(Cc2nnc(-c3cccc(F)c3)o2)C1. The second kappa shape index (κ2) is 6.30. The lowest BCUT2D eigenvalue weighted by atomic mass is 10.2. The minimum atomic E-state index is -0.516. The lowest BCUT2D eigenvalue weighted by Gasteiger charge is -2.18. The van der Waals surface area contributed by atoms with Crippen molar-refractivity contribution in [3.8, 4) is 11.5 Å². The Morgan fingerprint density at radius 3 is 3.14 bits per heavy atom. The summed E-state index contributed by atoms with van der Waals surface area (Å²) in [6, 6.07) is 6.02. The molecule has 0 saturated carbocycles. The largest absolute Gasteiger partial charge is 0.419 e. The number of hydrogen-bond donors (Lipinski definition) is 1. The maximum absolute atomic E-state index is 13.2. The topological polar surface area (TPSA) is 71.6 Å². The van der Waals surface area contributed by atoms with E-state index < -0.39 is 6.10 Å². The molecule has 1 aliphatic heterocycles. The van der Waals surface area contributed by atoms with Gasteiger partial charge in [0, 0.05) is 18.7 Å². The molecule has 0 amide bonds. The molecule has 2 aromatic rings. The molecule has 21 heavy (non-hydrogen) atoms. The first-order valence-electron chi connectivity index (χ1n) is 6.77. The lowest BCUT2D eigenvalue weighted by molar-refractivity contribution is 0.0559. The number of ether oxygens (including phenoxy) is 1. The number of nitrogens with zero attached hydrogens (tertiary/aromatic N) is 3. The fourth-order valence-electron chi connectivity index (χ4n) is 2.25. The number of benzene rings is 1. The lowest BCUT2D eigenvalue weighted by Crippen LogP contribution is -2.32. The normalized spacial score (nSPS) is 20.4. The third-order valence-electron chi connectivity index (χ3n) is 3.23. The minimum Gasteiger partial charge on any atom is -0.419 e. The molecule has 1 saturated heterocycles. The van der Waals surface area contributed by atoms with E-state index in [0.29, 0.717) is 44.3 Å². The van der Waals surface area contributed by atoms with Crippen molar-refractivity contribution in [3.63, 3.8) is 0 Å². The molecule has 1 aromatic carbocycles. The summed E-state index contributed by atoms with van der Waals surface area (Å²) in [6.45, 7) is 2.52. The van der Waals surface area contributed by atoms with Gasteiger partial charge in [-0.3, -0.25) is 4.90 Å². The Bertz CT molecular complexity index is 605. The molecule has 0 aliphatic carbocycles. The smallest absolute Gasteiger partial charge is 0.247 e. The van der Waals surface area contributed by atoms with Gasteiger partial charge in [-0.25, -0.2) is 4.39 Å². The number of aromatic nitrogens is 2. The summed E-state index contributed by atoms with van der Waals surface area (Å²) in [5, 5.41) is 17.6. The summed E-state index contributed by atoms with van der Waals surface area (Å²) in [5.41, 5.74) is 0.549. The number of hydrogen-bond acceptors (Lipinski definition) is 6. The van der Waals surface area contributed by atoms with E-state index in [1.807, 2.05) is 4.90 Å². The van der Waals surface area contributed by atoms with Gasteiger partial charge in [-0.1, -0.05) is 6.07 Å². The van der Waals surface area contributed by atoms with Crippen LogP contribution in [0.4, 0.5) is 4.39 Å². The number of aliphatic hydroxyl groups excluding tert-OH is 1. The van der Waals surface area contributed by atoms with Crippen molar-refractivity contribution in [1.82, 2.24) is 15.1 Å². The van der Waals surface area contributed by atoms with Crippen LogP contribution in [0.15, 0.2) is 28.7 Å². The zero-order valence-electron chi connectivity index (χ0n) is 11.4. The Labute approximate surface area is 121 Å². The first kappa shape index (κ1) is 14.1. The van der Waals surface area contributed by atoms with Gasteiger partial charge in [-0.05, 0) is 18.2 Å². The van der Waals surface area contributed by atoms with Gasteiger partial charge in [0.15, 0.2) is 0 Å². The number of halogens is 1. The van der Waals surface area contributed by atoms with E-state index in [-0.39, 0.29) is 11.7 Å². The molecular formula is C14H16FN3O3. The van der Waals surface area contributed by atoms with Crippen LogP contribution in [0.5, 0.6) is 0 Å². The van der Waals surface area contributed by atoms with Gasteiger partial charge in [0.25, 0.3) is 0 Å². The van der Waals surface area contributed by atoms with Gasteiger partial charge in [0.2, 0.25) is 11.8 Å². The van der Waals surface area contributed by atoms with Crippen molar-refractivity contribution in [3.05, 3.63) is 36.0 Å². The van der Waals surface area contributed by atoms with Gasteiger partial charge in [0.05, 0.1) is 25.9 Å². The van der Waals surface area contributed by atoms with Crippen LogP contribution in [0.1, 0.15) is 5.89 Å². The monoisotopic (exact) mass is 293 g/mol. The van der Waals surface area contributed by atoms with Crippen molar-refractivity contribution in [2.24, 2.45) is 0 Å². The van der Waals surface area contributed by atoms with E-state index in [4.69, 9.17) is 9.15 Å². The first-order chi connectivity index (χ1) is 10.2. The Morgan fingerprint density at radius 1 is 1.38 bits per heavy atom. The average Bonchev–Trinajstić information content (AvgIpc) is 2.82. The third kappa shape index (κ3) is 3.63. The highest BCUT2D eigenvalue weighted by Crippen LogP contribution is 2.19. The number of rotatable bonds is 3. The molecule has 0 spiro atoms. The van der Waals surface area contributed by atoms with Crippen molar-refractivity contribution in [1.29, 1.82) is 0 Å². The van der Waals surface area contributed by atoms with Gasteiger partial charge in [-0.2, -0.15) is 0 Å². The maximum atomic E-state index is 13.2. The van der Waals surface area contributed by atoms with Crippen molar-refractivity contribution < 1.29 is 18.7 Å². The maximum Gasteiger partial charge on any atom is 0.247 e. The molecule has 1 atom stereocenters. The second-order valence-electron chi connectivity index (χ2n) is 4.98. The molecule has 1 fully saturated rings. The van der Waals surface area contributed by atoms with E-state index in [0.717, 1.165) is 0 Å². The summed E-state index contributed by atoms with van der Waals surface area (Å²) in [6.07, 6.45) is -0.516. The van der Waals surface area contributed by atoms with Crippen LogP contribution in [-0.4, -0.2) is 52.6 Å².